The second kappa shape index (κ2) is 7.68. The minimum atomic E-state index is -0.446. The first kappa shape index (κ1) is 17.6. The maximum absolute atomic E-state index is 12.7. The Balaban J connectivity index is 2.33. The number of benzene rings is 1. The molecule has 0 aliphatic rings. The molecule has 0 saturated heterocycles. The van der Waals surface area contributed by atoms with Gasteiger partial charge in [-0.2, -0.15) is 0 Å². The minimum Gasteiger partial charge on any atom is -0.497 e. The molecule has 6 heteroatoms. The Morgan fingerprint density at radius 2 is 2.00 bits per heavy atom. The number of aryl methyl sites for hydroxylation is 1. The van der Waals surface area contributed by atoms with E-state index < -0.39 is 5.97 Å². The van der Waals surface area contributed by atoms with E-state index in [2.05, 4.69) is 10.3 Å². The van der Waals surface area contributed by atoms with E-state index >= 15 is 0 Å². The Morgan fingerprint density at radius 3 is 2.62 bits per heavy atom. The quantitative estimate of drug-likeness (QED) is 0.796. The van der Waals surface area contributed by atoms with Crippen molar-refractivity contribution in [2.75, 3.05) is 19.0 Å². The number of amides is 1. The van der Waals surface area contributed by atoms with Crippen molar-refractivity contribution in [1.29, 1.82) is 0 Å². The number of hydrogen-bond donors (Lipinski definition) is 2. The van der Waals surface area contributed by atoms with E-state index in [1.807, 2.05) is 6.92 Å². The fourth-order valence-electron chi connectivity index (χ4n) is 2.61. The zero-order valence-electron chi connectivity index (χ0n) is 14.4. The Kier molecular flexibility index (Phi) is 5.63. The lowest BCUT2D eigenvalue weighted by Crippen LogP contribution is -2.15. The number of rotatable bonds is 6. The summed E-state index contributed by atoms with van der Waals surface area (Å²) in [5.41, 5.74) is 2.73. The zero-order valence-corrected chi connectivity index (χ0v) is 14.4. The van der Waals surface area contributed by atoms with Gasteiger partial charge in [0.25, 0.3) is 5.91 Å². The van der Waals surface area contributed by atoms with Gasteiger partial charge in [0.2, 0.25) is 0 Å². The molecule has 0 fully saturated rings. The fourth-order valence-corrected chi connectivity index (χ4v) is 2.61. The number of hydrogen-bond acceptors (Lipinski definition) is 4. The third-order valence-electron chi connectivity index (χ3n) is 3.68. The fraction of sp³-hybridized carbons (Fsp3) is 0.333. The molecule has 6 nitrogen and oxygen atoms in total. The Bertz CT molecular complexity index is 749. The number of carbonyl (C=O) groups excluding carboxylic acids is 2. The molecule has 0 aliphatic carbocycles. The molecular formula is C18H22N2O4. The maximum atomic E-state index is 12.7. The number of ether oxygens (including phenoxy) is 2. The Hall–Kier alpha value is -2.76. The smallest absolute Gasteiger partial charge is 0.355 e. The van der Waals surface area contributed by atoms with Crippen molar-refractivity contribution in [3.05, 3.63) is 46.8 Å². The van der Waals surface area contributed by atoms with Crippen molar-refractivity contribution < 1.29 is 19.1 Å². The van der Waals surface area contributed by atoms with Crippen LogP contribution >= 0.6 is 0 Å². The Morgan fingerprint density at radius 1 is 1.25 bits per heavy atom. The number of aromatic amines is 1. The van der Waals surface area contributed by atoms with Gasteiger partial charge in [-0.25, -0.2) is 4.79 Å². The molecule has 1 aromatic heterocycles. The van der Waals surface area contributed by atoms with Gasteiger partial charge in [-0.05, 0) is 38.0 Å². The molecule has 0 saturated carbocycles. The third-order valence-corrected chi connectivity index (χ3v) is 3.68. The van der Waals surface area contributed by atoms with Crippen LogP contribution in [0.3, 0.4) is 0 Å². The topological polar surface area (TPSA) is 80.4 Å². The van der Waals surface area contributed by atoms with E-state index in [0.29, 0.717) is 40.4 Å². The molecular weight excluding hydrogens is 308 g/mol. The highest BCUT2D eigenvalue weighted by atomic mass is 16.5. The summed E-state index contributed by atoms with van der Waals surface area (Å²) in [5, 5.41) is 2.84. The van der Waals surface area contributed by atoms with Crippen LogP contribution in [0.1, 0.15) is 46.0 Å². The monoisotopic (exact) mass is 330 g/mol. The van der Waals surface area contributed by atoms with Crippen molar-refractivity contribution in [3.63, 3.8) is 0 Å². The first-order valence-corrected chi connectivity index (χ1v) is 7.85. The summed E-state index contributed by atoms with van der Waals surface area (Å²) in [6, 6.07) is 7.11. The maximum Gasteiger partial charge on any atom is 0.355 e. The number of carbonyl (C=O) groups is 2. The van der Waals surface area contributed by atoms with Crippen LogP contribution in [0.25, 0.3) is 0 Å². The summed E-state index contributed by atoms with van der Waals surface area (Å²) in [6.07, 6.45) is 0.541. The predicted molar refractivity (Wildman–Crippen MR) is 91.8 cm³/mol. The second-order valence-corrected chi connectivity index (χ2v) is 5.24. The zero-order chi connectivity index (χ0) is 17.7. The lowest BCUT2D eigenvalue weighted by molar-refractivity contribution is 0.0519. The molecule has 0 bridgehead atoms. The molecule has 0 aliphatic heterocycles. The lowest BCUT2D eigenvalue weighted by Gasteiger charge is -2.09. The molecule has 0 unspecified atom stereocenters. The van der Waals surface area contributed by atoms with E-state index in [0.717, 1.165) is 0 Å². The van der Waals surface area contributed by atoms with Gasteiger partial charge < -0.3 is 19.8 Å². The van der Waals surface area contributed by atoms with Crippen LogP contribution in [0.4, 0.5) is 5.69 Å². The van der Waals surface area contributed by atoms with Crippen molar-refractivity contribution in [2.24, 2.45) is 0 Å². The van der Waals surface area contributed by atoms with E-state index in [1.54, 1.807) is 45.2 Å². The summed E-state index contributed by atoms with van der Waals surface area (Å²) >= 11 is 0. The van der Waals surface area contributed by atoms with Gasteiger partial charge in [-0.15, -0.1) is 0 Å². The number of H-pyrrole nitrogens is 1. The average Bonchev–Trinajstić information content (AvgIpc) is 2.91. The highest BCUT2D eigenvalue weighted by molar-refractivity contribution is 6.08. The molecule has 0 atom stereocenters. The van der Waals surface area contributed by atoms with Crippen LogP contribution < -0.4 is 10.1 Å². The number of esters is 1. The van der Waals surface area contributed by atoms with Crippen molar-refractivity contribution >= 4 is 17.6 Å². The summed E-state index contributed by atoms with van der Waals surface area (Å²) in [4.78, 5) is 27.7. The van der Waals surface area contributed by atoms with E-state index in [1.165, 1.54) is 0 Å². The van der Waals surface area contributed by atoms with Crippen LogP contribution in [0, 0.1) is 6.92 Å². The SMILES string of the molecule is CCOC(=O)c1[nH]c(C)c(C(=O)Nc2cccc(OC)c2)c1CC. The highest BCUT2D eigenvalue weighted by Gasteiger charge is 2.24. The van der Waals surface area contributed by atoms with Crippen molar-refractivity contribution in [2.45, 2.75) is 27.2 Å². The highest BCUT2D eigenvalue weighted by Crippen LogP contribution is 2.23. The van der Waals surface area contributed by atoms with Gasteiger partial charge in [-0.1, -0.05) is 13.0 Å². The molecule has 0 spiro atoms. The minimum absolute atomic E-state index is 0.274. The average molecular weight is 330 g/mol. The molecule has 0 radical (unpaired) electrons. The summed E-state index contributed by atoms with van der Waals surface area (Å²) in [5.74, 6) is -0.0659. The number of nitrogens with one attached hydrogen (secondary N) is 2. The molecule has 2 rings (SSSR count). The lowest BCUT2D eigenvalue weighted by atomic mass is 10.1. The van der Waals surface area contributed by atoms with Gasteiger partial charge in [-0.3, -0.25) is 4.79 Å². The summed E-state index contributed by atoms with van der Waals surface area (Å²) in [7, 11) is 1.57. The molecule has 1 heterocycles. The van der Waals surface area contributed by atoms with Crippen LogP contribution in [-0.2, 0) is 11.2 Å². The van der Waals surface area contributed by atoms with Crippen LogP contribution in [0.2, 0.25) is 0 Å². The normalized spacial score (nSPS) is 10.3. The number of aromatic nitrogens is 1. The van der Waals surface area contributed by atoms with Gasteiger partial charge in [0.1, 0.15) is 11.4 Å². The van der Waals surface area contributed by atoms with Gasteiger partial charge >= 0.3 is 5.97 Å². The third kappa shape index (κ3) is 3.59. The second-order valence-electron chi connectivity index (χ2n) is 5.24. The number of methoxy groups -OCH3 is 1. The van der Waals surface area contributed by atoms with E-state index in [4.69, 9.17) is 9.47 Å². The largest absolute Gasteiger partial charge is 0.497 e. The predicted octanol–water partition coefficient (Wildman–Crippen LogP) is 3.32. The standard InChI is InChI=1S/C18H22N2O4/c1-5-14-15(11(3)19-16(14)18(22)24-6-2)17(21)20-12-8-7-9-13(10-12)23-4/h7-10,19H,5-6H2,1-4H3,(H,20,21). The molecule has 1 amide bonds. The van der Waals surface area contributed by atoms with Crippen LogP contribution in [0.15, 0.2) is 24.3 Å². The molecule has 128 valence electrons. The van der Waals surface area contributed by atoms with Crippen LogP contribution in [0.5, 0.6) is 5.75 Å². The van der Waals surface area contributed by atoms with Crippen LogP contribution in [-0.4, -0.2) is 30.6 Å². The molecule has 2 N–H and O–H groups in total. The van der Waals surface area contributed by atoms with Crippen molar-refractivity contribution in [3.8, 4) is 5.75 Å². The molecule has 2 aromatic rings. The first-order chi connectivity index (χ1) is 11.5. The van der Waals surface area contributed by atoms with Gasteiger partial charge in [0, 0.05) is 17.4 Å². The summed E-state index contributed by atoms with van der Waals surface area (Å²) < 4.78 is 10.2. The van der Waals surface area contributed by atoms with Gasteiger partial charge in [0.05, 0.1) is 19.3 Å². The molecule has 1 aromatic carbocycles. The molecule has 24 heavy (non-hydrogen) atoms. The van der Waals surface area contributed by atoms with E-state index in [9.17, 15) is 9.59 Å². The van der Waals surface area contributed by atoms with Gasteiger partial charge in [0.15, 0.2) is 0 Å². The number of anilines is 1. The summed E-state index contributed by atoms with van der Waals surface area (Å²) in [6.45, 7) is 5.69. The Labute approximate surface area is 141 Å². The first-order valence-electron chi connectivity index (χ1n) is 7.85. The van der Waals surface area contributed by atoms with E-state index in [-0.39, 0.29) is 12.5 Å². The van der Waals surface area contributed by atoms with Crippen molar-refractivity contribution in [1.82, 2.24) is 4.98 Å².